The minimum Gasteiger partial charge on any atom is -0.493 e. The molecule has 0 unspecified atom stereocenters. The Morgan fingerprint density at radius 3 is 2.20 bits per heavy atom. The van der Waals surface area contributed by atoms with E-state index in [1.54, 1.807) is 19.1 Å². The number of esters is 1. The lowest BCUT2D eigenvalue weighted by atomic mass is 10.2. The fourth-order valence-corrected chi connectivity index (χ4v) is 1.90. The quantitative estimate of drug-likeness (QED) is 0.807. The maximum absolute atomic E-state index is 11.7. The molecule has 0 saturated heterocycles. The molecule has 0 saturated carbocycles. The van der Waals surface area contributed by atoms with Crippen molar-refractivity contribution in [3.8, 4) is 11.5 Å². The third kappa shape index (κ3) is 2.60. The summed E-state index contributed by atoms with van der Waals surface area (Å²) < 4.78 is 15.2. The van der Waals surface area contributed by atoms with Crippen molar-refractivity contribution >= 4 is 28.6 Å². The van der Waals surface area contributed by atoms with E-state index in [1.165, 1.54) is 14.2 Å². The molecular weight excluding hydrogens is 284 g/mol. The van der Waals surface area contributed by atoms with Gasteiger partial charge in [0.15, 0.2) is 22.3 Å². The summed E-state index contributed by atoms with van der Waals surface area (Å²) in [4.78, 5) is 20.0. The lowest BCUT2D eigenvalue weighted by Crippen LogP contribution is -2.09. The van der Waals surface area contributed by atoms with Gasteiger partial charge >= 0.3 is 5.97 Å². The highest BCUT2D eigenvalue weighted by atomic mass is 35.5. The smallest absolute Gasteiger partial charge is 0.360 e. The van der Waals surface area contributed by atoms with Crippen LogP contribution in [0.15, 0.2) is 12.1 Å². The van der Waals surface area contributed by atoms with Gasteiger partial charge in [0.25, 0.3) is 0 Å². The zero-order valence-corrected chi connectivity index (χ0v) is 12.0. The van der Waals surface area contributed by atoms with Crippen molar-refractivity contribution in [2.45, 2.75) is 6.92 Å². The second-order valence-corrected chi connectivity index (χ2v) is 4.14. The molecule has 0 aliphatic heterocycles. The Hall–Kier alpha value is -2.08. The molecule has 0 bridgehead atoms. The van der Waals surface area contributed by atoms with Crippen LogP contribution in [0.25, 0.3) is 11.0 Å². The molecule has 0 aliphatic carbocycles. The summed E-state index contributed by atoms with van der Waals surface area (Å²) in [5.41, 5.74) is 0.948. The summed E-state index contributed by atoms with van der Waals surface area (Å²) in [7, 11) is 3.03. The Balaban J connectivity index is 2.60. The molecule has 2 rings (SSSR count). The molecule has 0 aliphatic rings. The second-order valence-electron chi connectivity index (χ2n) is 3.78. The summed E-state index contributed by atoms with van der Waals surface area (Å²) in [6, 6.07) is 3.27. The van der Waals surface area contributed by atoms with E-state index in [4.69, 9.17) is 25.8 Å². The standard InChI is InChI=1S/C13H13ClN2O4/c1-4-20-13(17)11-12(14)16-8-6-10(19-3)9(18-2)5-7(8)15-11/h5-6H,4H2,1-3H3. The first kappa shape index (κ1) is 14.3. The van der Waals surface area contributed by atoms with Crippen LogP contribution in [0, 0.1) is 0 Å². The molecule has 2 aromatic rings. The van der Waals surface area contributed by atoms with Gasteiger partial charge in [0, 0.05) is 12.1 Å². The molecular formula is C13H13ClN2O4. The summed E-state index contributed by atoms with van der Waals surface area (Å²) in [5, 5.41) is -0.0110. The van der Waals surface area contributed by atoms with E-state index < -0.39 is 5.97 Å². The molecule has 0 amide bonds. The monoisotopic (exact) mass is 296 g/mol. The SMILES string of the molecule is CCOC(=O)c1nc2cc(OC)c(OC)cc2nc1Cl. The maximum atomic E-state index is 11.7. The number of methoxy groups -OCH3 is 2. The molecule has 0 spiro atoms. The number of aromatic nitrogens is 2. The average molecular weight is 297 g/mol. The number of benzene rings is 1. The van der Waals surface area contributed by atoms with E-state index >= 15 is 0 Å². The number of carbonyl (C=O) groups excluding carboxylic acids is 1. The average Bonchev–Trinajstić information content (AvgIpc) is 2.45. The lowest BCUT2D eigenvalue weighted by Gasteiger charge is -2.09. The van der Waals surface area contributed by atoms with Gasteiger partial charge in [-0.2, -0.15) is 0 Å². The van der Waals surface area contributed by atoms with Gasteiger partial charge in [-0.15, -0.1) is 0 Å². The van der Waals surface area contributed by atoms with Crippen LogP contribution >= 0.6 is 11.6 Å². The molecule has 0 fully saturated rings. The van der Waals surface area contributed by atoms with Gasteiger partial charge in [-0.3, -0.25) is 0 Å². The first-order chi connectivity index (χ1) is 9.60. The van der Waals surface area contributed by atoms with Crippen molar-refractivity contribution in [1.82, 2.24) is 9.97 Å². The Kier molecular flexibility index (Phi) is 4.24. The van der Waals surface area contributed by atoms with Gasteiger partial charge in [0.05, 0.1) is 31.9 Å². The molecule has 0 atom stereocenters. The lowest BCUT2D eigenvalue weighted by molar-refractivity contribution is 0.0519. The normalized spacial score (nSPS) is 10.4. The maximum Gasteiger partial charge on any atom is 0.360 e. The van der Waals surface area contributed by atoms with Gasteiger partial charge in [0.2, 0.25) is 0 Å². The zero-order chi connectivity index (χ0) is 14.7. The topological polar surface area (TPSA) is 70.5 Å². The van der Waals surface area contributed by atoms with E-state index in [0.29, 0.717) is 22.5 Å². The molecule has 6 nitrogen and oxygen atoms in total. The van der Waals surface area contributed by atoms with Crippen LogP contribution < -0.4 is 9.47 Å². The number of carbonyl (C=O) groups is 1. The third-order valence-corrected chi connectivity index (χ3v) is 2.86. The highest BCUT2D eigenvalue weighted by Gasteiger charge is 2.17. The first-order valence-corrected chi connectivity index (χ1v) is 6.24. The largest absolute Gasteiger partial charge is 0.493 e. The van der Waals surface area contributed by atoms with Crippen LogP contribution in [0.4, 0.5) is 0 Å². The Bertz CT molecular complexity index is 660. The molecule has 106 valence electrons. The van der Waals surface area contributed by atoms with Crippen molar-refractivity contribution in [1.29, 1.82) is 0 Å². The third-order valence-electron chi connectivity index (χ3n) is 2.60. The van der Waals surface area contributed by atoms with Gasteiger partial charge in [0.1, 0.15) is 0 Å². The van der Waals surface area contributed by atoms with E-state index in [2.05, 4.69) is 9.97 Å². The van der Waals surface area contributed by atoms with Crippen LogP contribution in [0.3, 0.4) is 0 Å². The number of hydrogen-bond donors (Lipinski definition) is 0. The minimum absolute atomic E-state index is 0.0110. The molecule has 1 aromatic heterocycles. The Labute approximate surface area is 120 Å². The molecule has 0 N–H and O–H groups in total. The van der Waals surface area contributed by atoms with E-state index in [1.807, 2.05) is 0 Å². The number of nitrogens with zero attached hydrogens (tertiary/aromatic N) is 2. The van der Waals surface area contributed by atoms with Crippen LogP contribution in [0.5, 0.6) is 11.5 Å². The Morgan fingerprint density at radius 1 is 1.15 bits per heavy atom. The number of ether oxygens (including phenoxy) is 3. The minimum atomic E-state index is -0.610. The first-order valence-electron chi connectivity index (χ1n) is 5.87. The van der Waals surface area contributed by atoms with E-state index in [9.17, 15) is 4.79 Å². The highest BCUT2D eigenvalue weighted by Crippen LogP contribution is 2.31. The molecule has 0 radical (unpaired) electrons. The van der Waals surface area contributed by atoms with E-state index in [-0.39, 0.29) is 17.5 Å². The molecule has 1 heterocycles. The van der Waals surface area contributed by atoms with Crippen LogP contribution in [-0.4, -0.2) is 36.8 Å². The van der Waals surface area contributed by atoms with Crippen molar-refractivity contribution in [2.24, 2.45) is 0 Å². The van der Waals surface area contributed by atoms with Crippen molar-refractivity contribution in [2.75, 3.05) is 20.8 Å². The van der Waals surface area contributed by atoms with Crippen LogP contribution in [-0.2, 0) is 4.74 Å². The van der Waals surface area contributed by atoms with Crippen LogP contribution in [0.1, 0.15) is 17.4 Å². The fourth-order valence-electron chi connectivity index (χ4n) is 1.69. The molecule has 20 heavy (non-hydrogen) atoms. The fraction of sp³-hybridized carbons (Fsp3) is 0.308. The second kappa shape index (κ2) is 5.92. The number of rotatable bonds is 4. The number of hydrogen-bond acceptors (Lipinski definition) is 6. The molecule has 1 aromatic carbocycles. The summed E-state index contributed by atoms with van der Waals surface area (Å²) >= 11 is 5.96. The van der Waals surface area contributed by atoms with Crippen molar-refractivity contribution < 1.29 is 19.0 Å². The highest BCUT2D eigenvalue weighted by molar-refractivity contribution is 6.32. The summed E-state index contributed by atoms with van der Waals surface area (Å²) in [6.07, 6.45) is 0. The van der Waals surface area contributed by atoms with Crippen LogP contribution in [0.2, 0.25) is 5.15 Å². The van der Waals surface area contributed by atoms with E-state index in [0.717, 1.165) is 0 Å². The predicted octanol–water partition coefficient (Wildman–Crippen LogP) is 2.48. The van der Waals surface area contributed by atoms with Gasteiger partial charge < -0.3 is 14.2 Å². The number of fused-ring (bicyclic) bond motifs is 1. The van der Waals surface area contributed by atoms with Gasteiger partial charge in [-0.05, 0) is 6.92 Å². The number of halogens is 1. The van der Waals surface area contributed by atoms with Crippen molar-refractivity contribution in [3.05, 3.63) is 23.0 Å². The molecule has 7 heteroatoms. The van der Waals surface area contributed by atoms with Gasteiger partial charge in [-0.25, -0.2) is 14.8 Å². The summed E-state index contributed by atoms with van der Waals surface area (Å²) in [5.74, 6) is 0.391. The predicted molar refractivity (Wildman–Crippen MR) is 73.6 cm³/mol. The summed E-state index contributed by atoms with van der Waals surface area (Å²) in [6.45, 7) is 1.94. The van der Waals surface area contributed by atoms with Gasteiger partial charge in [-0.1, -0.05) is 11.6 Å². The van der Waals surface area contributed by atoms with Crippen molar-refractivity contribution in [3.63, 3.8) is 0 Å². The zero-order valence-electron chi connectivity index (χ0n) is 11.3. The Morgan fingerprint density at radius 2 is 1.70 bits per heavy atom.